The fourth-order valence-electron chi connectivity index (χ4n) is 1.75. The molecular formula is C14H15N3O6. The van der Waals surface area contributed by atoms with Gasteiger partial charge >= 0.3 is 12.0 Å². The van der Waals surface area contributed by atoms with Crippen molar-refractivity contribution < 1.29 is 24.0 Å². The number of nitro benzene ring substituents is 1. The van der Waals surface area contributed by atoms with Crippen LogP contribution in [0.2, 0.25) is 0 Å². The van der Waals surface area contributed by atoms with Gasteiger partial charge in [0.05, 0.1) is 4.92 Å². The molecule has 0 aliphatic heterocycles. The van der Waals surface area contributed by atoms with Crippen molar-refractivity contribution in [2.75, 3.05) is 0 Å². The summed E-state index contributed by atoms with van der Waals surface area (Å²) in [4.78, 5) is 45.3. The fraction of sp³-hybridized carbons (Fsp3) is 0.357. The van der Waals surface area contributed by atoms with Gasteiger partial charge in [-0.25, -0.2) is 9.59 Å². The van der Waals surface area contributed by atoms with Crippen molar-refractivity contribution in [2.24, 2.45) is 0 Å². The van der Waals surface area contributed by atoms with Crippen LogP contribution < -0.4 is 10.6 Å². The molecule has 2 rings (SSSR count). The van der Waals surface area contributed by atoms with Gasteiger partial charge in [0.1, 0.15) is 5.56 Å². The van der Waals surface area contributed by atoms with Crippen LogP contribution in [0.4, 0.5) is 10.5 Å². The monoisotopic (exact) mass is 321 g/mol. The Hall–Kier alpha value is -2.97. The lowest BCUT2D eigenvalue weighted by atomic mass is 10.2. The quantitative estimate of drug-likeness (QED) is 0.475. The van der Waals surface area contributed by atoms with Crippen LogP contribution >= 0.6 is 0 Å². The van der Waals surface area contributed by atoms with E-state index in [0.717, 1.165) is 18.9 Å². The Balaban J connectivity index is 1.94. The van der Waals surface area contributed by atoms with Gasteiger partial charge in [-0.2, -0.15) is 0 Å². The molecule has 1 aliphatic rings. The molecule has 9 nitrogen and oxygen atoms in total. The standard InChI is InChI=1S/C14H15N3O6/c1-8(12(18)16-14(20)15-9-6-7-9)23-13(19)10-4-2-3-5-11(10)17(21)22/h2-5,8-9H,6-7H2,1H3,(H2,15,16,18,20). The summed E-state index contributed by atoms with van der Waals surface area (Å²) in [7, 11) is 0. The van der Waals surface area contributed by atoms with Crippen molar-refractivity contribution in [3.63, 3.8) is 0 Å². The highest BCUT2D eigenvalue weighted by Crippen LogP contribution is 2.19. The molecule has 0 saturated heterocycles. The van der Waals surface area contributed by atoms with Gasteiger partial charge in [0.15, 0.2) is 6.10 Å². The Labute approximate surface area is 131 Å². The normalized spacial score (nSPS) is 14.5. The summed E-state index contributed by atoms with van der Waals surface area (Å²) in [6.45, 7) is 1.27. The number of nitrogens with one attached hydrogen (secondary N) is 2. The summed E-state index contributed by atoms with van der Waals surface area (Å²) in [5.74, 6) is -1.82. The zero-order valence-electron chi connectivity index (χ0n) is 12.3. The first kappa shape index (κ1) is 16.4. The van der Waals surface area contributed by atoms with E-state index in [1.807, 2.05) is 5.32 Å². The number of hydrogen-bond donors (Lipinski definition) is 2. The second-order valence-electron chi connectivity index (χ2n) is 5.06. The SMILES string of the molecule is CC(OC(=O)c1ccccc1[N+](=O)[O-])C(=O)NC(=O)NC1CC1. The Morgan fingerprint density at radius 1 is 1.30 bits per heavy atom. The van der Waals surface area contributed by atoms with Crippen molar-refractivity contribution in [3.05, 3.63) is 39.9 Å². The number of para-hydroxylation sites is 1. The molecule has 23 heavy (non-hydrogen) atoms. The van der Waals surface area contributed by atoms with E-state index in [0.29, 0.717) is 0 Å². The number of hydrogen-bond acceptors (Lipinski definition) is 6. The van der Waals surface area contributed by atoms with Crippen molar-refractivity contribution in [1.29, 1.82) is 0 Å². The number of nitrogens with zero attached hydrogens (tertiary/aromatic N) is 1. The molecule has 1 unspecified atom stereocenters. The minimum Gasteiger partial charge on any atom is -0.449 e. The first-order valence-corrected chi connectivity index (χ1v) is 6.94. The number of benzene rings is 1. The Bertz CT molecular complexity index is 656. The molecule has 1 aromatic carbocycles. The third-order valence-corrected chi connectivity index (χ3v) is 3.12. The first-order valence-electron chi connectivity index (χ1n) is 6.94. The number of amides is 3. The van der Waals surface area contributed by atoms with Gasteiger partial charge in [0, 0.05) is 12.1 Å². The first-order chi connectivity index (χ1) is 10.9. The molecule has 0 bridgehead atoms. The van der Waals surface area contributed by atoms with Gasteiger partial charge in [-0.05, 0) is 25.8 Å². The van der Waals surface area contributed by atoms with E-state index in [2.05, 4.69) is 5.32 Å². The lowest BCUT2D eigenvalue weighted by Gasteiger charge is -2.13. The summed E-state index contributed by atoms with van der Waals surface area (Å²) < 4.78 is 4.88. The molecule has 1 fully saturated rings. The summed E-state index contributed by atoms with van der Waals surface area (Å²) >= 11 is 0. The number of nitro groups is 1. The van der Waals surface area contributed by atoms with Gasteiger partial charge in [0.2, 0.25) is 0 Å². The highest BCUT2D eigenvalue weighted by atomic mass is 16.6. The Kier molecular flexibility index (Phi) is 4.89. The number of urea groups is 1. The van der Waals surface area contributed by atoms with Gasteiger partial charge < -0.3 is 10.1 Å². The van der Waals surface area contributed by atoms with Crippen LogP contribution in [0.3, 0.4) is 0 Å². The summed E-state index contributed by atoms with van der Waals surface area (Å²) in [6.07, 6.45) is 0.459. The van der Waals surface area contributed by atoms with Gasteiger partial charge in [-0.15, -0.1) is 0 Å². The van der Waals surface area contributed by atoms with Crippen molar-refractivity contribution in [2.45, 2.75) is 31.9 Å². The van der Waals surface area contributed by atoms with E-state index in [1.54, 1.807) is 0 Å². The predicted octanol–water partition coefficient (Wildman–Crippen LogP) is 1.13. The molecule has 0 aromatic heterocycles. The molecule has 0 heterocycles. The third-order valence-electron chi connectivity index (χ3n) is 3.12. The van der Waals surface area contributed by atoms with Crippen molar-refractivity contribution >= 4 is 23.6 Å². The minimum absolute atomic E-state index is 0.0765. The maximum absolute atomic E-state index is 12.0. The average Bonchev–Trinajstić information content (AvgIpc) is 3.30. The van der Waals surface area contributed by atoms with E-state index in [1.165, 1.54) is 25.1 Å². The molecule has 1 aromatic rings. The highest BCUT2D eigenvalue weighted by molar-refractivity contribution is 5.99. The average molecular weight is 321 g/mol. The number of carbonyl (C=O) groups excluding carboxylic acids is 3. The zero-order valence-corrected chi connectivity index (χ0v) is 12.3. The van der Waals surface area contributed by atoms with Crippen LogP contribution in [0.25, 0.3) is 0 Å². The predicted molar refractivity (Wildman–Crippen MR) is 77.7 cm³/mol. The third kappa shape index (κ3) is 4.50. The van der Waals surface area contributed by atoms with Crippen LogP contribution in [0, 0.1) is 10.1 Å². The minimum atomic E-state index is -1.27. The molecule has 1 atom stereocenters. The number of esters is 1. The van der Waals surface area contributed by atoms with Crippen LogP contribution in [0.5, 0.6) is 0 Å². The van der Waals surface area contributed by atoms with E-state index in [9.17, 15) is 24.5 Å². The summed E-state index contributed by atoms with van der Waals surface area (Å²) in [6, 6.07) is 4.65. The number of carbonyl (C=O) groups is 3. The number of ether oxygens (including phenoxy) is 1. The van der Waals surface area contributed by atoms with Gasteiger partial charge in [-0.3, -0.25) is 20.2 Å². The number of rotatable bonds is 5. The van der Waals surface area contributed by atoms with E-state index < -0.39 is 34.6 Å². The molecule has 1 aliphatic carbocycles. The van der Waals surface area contributed by atoms with Crippen molar-refractivity contribution in [1.82, 2.24) is 10.6 Å². The van der Waals surface area contributed by atoms with E-state index >= 15 is 0 Å². The zero-order chi connectivity index (χ0) is 17.0. The second-order valence-corrected chi connectivity index (χ2v) is 5.06. The van der Waals surface area contributed by atoms with E-state index in [4.69, 9.17) is 4.74 Å². The largest absolute Gasteiger partial charge is 0.449 e. The van der Waals surface area contributed by atoms with Gasteiger partial charge in [0.25, 0.3) is 11.6 Å². The maximum Gasteiger partial charge on any atom is 0.345 e. The molecule has 0 spiro atoms. The topological polar surface area (TPSA) is 128 Å². The van der Waals surface area contributed by atoms with Crippen LogP contribution in [0.1, 0.15) is 30.1 Å². The van der Waals surface area contributed by atoms with E-state index in [-0.39, 0.29) is 11.6 Å². The molecule has 2 N–H and O–H groups in total. The number of imide groups is 1. The lowest BCUT2D eigenvalue weighted by Crippen LogP contribution is -2.45. The maximum atomic E-state index is 12.0. The smallest absolute Gasteiger partial charge is 0.345 e. The molecule has 0 radical (unpaired) electrons. The van der Waals surface area contributed by atoms with Crippen LogP contribution in [-0.4, -0.2) is 35.0 Å². The van der Waals surface area contributed by atoms with Gasteiger partial charge in [-0.1, -0.05) is 12.1 Å². The lowest BCUT2D eigenvalue weighted by molar-refractivity contribution is -0.385. The summed E-state index contributed by atoms with van der Waals surface area (Å²) in [5, 5.41) is 15.5. The molecule has 3 amide bonds. The van der Waals surface area contributed by atoms with Crippen molar-refractivity contribution in [3.8, 4) is 0 Å². The molecule has 9 heteroatoms. The van der Waals surface area contributed by atoms with Crippen LogP contribution in [-0.2, 0) is 9.53 Å². The molecule has 122 valence electrons. The second kappa shape index (κ2) is 6.86. The summed E-state index contributed by atoms with van der Waals surface area (Å²) in [5.41, 5.74) is -0.684. The highest BCUT2D eigenvalue weighted by Gasteiger charge is 2.27. The fourth-order valence-corrected chi connectivity index (χ4v) is 1.75. The Morgan fingerprint density at radius 2 is 1.96 bits per heavy atom. The molecular weight excluding hydrogens is 306 g/mol. The van der Waals surface area contributed by atoms with Crippen LogP contribution in [0.15, 0.2) is 24.3 Å². The Morgan fingerprint density at radius 3 is 2.57 bits per heavy atom. The molecule has 1 saturated carbocycles.